The molecule has 7 heteroatoms. The van der Waals surface area contributed by atoms with E-state index < -0.39 is 5.92 Å². The summed E-state index contributed by atoms with van der Waals surface area (Å²) >= 11 is 3.53. The lowest BCUT2D eigenvalue weighted by atomic mass is 9.91. The van der Waals surface area contributed by atoms with Gasteiger partial charge in [-0.15, -0.1) is 0 Å². The van der Waals surface area contributed by atoms with Crippen LogP contribution in [0.25, 0.3) is 11.0 Å². The molecule has 5 rings (SSSR count). The van der Waals surface area contributed by atoms with Gasteiger partial charge < -0.3 is 9.47 Å². The number of halogens is 3. The van der Waals surface area contributed by atoms with Crippen LogP contribution in [0, 0.1) is 13.8 Å². The fraction of sp³-hybridized carbons (Fsp3) is 0.462. The number of carbonyl (C=O) groups is 1. The zero-order valence-electron chi connectivity index (χ0n) is 19.0. The average molecular weight is 516 g/mol. The van der Waals surface area contributed by atoms with E-state index in [1.807, 2.05) is 35.2 Å². The number of rotatable bonds is 3. The molecule has 1 aliphatic heterocycles. The number of hydrogen-bond donors (Lipinski definition) is 0. The van der Waals surface area contributed by atoms with E-state index in [-0.39, 0.29) is 30.8 Å². The molecular formula is C26H28BrF2N3O. The van der Waals surface area contributed by atoms with E-state index in [0.29, 0.717) is 19.3 Å². The largest absolute Gasteiger partial charge is 0.323 e. The van der Waals surface area contributed by atoms with Crippen molar-refractivity contribution in [2.75, 3.05) is 4.90 Å². The second-order valence-electron chi connectivity index (χ2n) is 9.50. The fourth-order valence-electron chi connectivity index (χ4n) is 5.31. The summed E-state index contributed by atoms with van der Waals surface area (Å²) in [6.45, 7) is 4.11. The number of amides is 1. The van der Waals surface area contributed by atoms with Crippen LogP contribution in [-0.4, -0.2) is 21.4 Å². The first-order valence-electron chi connectivity index (χ1n) is 11.7. The standard InChI is InChI=1S/C26H28BrF2N3O/c1-16-6-8-20(14-17(16)2)31-23(4-3-5-24(31)33)25-30-21-15-18(27)7-9-22(21)32(25)19-10-12-26(28,29)13-11-19/h6-9,14-15,19,23H,3-5,10-13H2,1-2H3. The fourth-order valence-corrected chi connectivity index (χ4v) is 5.66. The summed E-state index contributed by atoms with van der Waals surface area (Å²) in [4.78, 5) is 20.1. The number of fused-ring (bicyclic) bond motifs is 1. The maximum atomic E-state index is 14.0. The van der Waals surface area contributed by atoms with Gasteiger partial charge in [-0.2, -0.15) is 0 Å². The van der Waals surface area contributed by atoms with Crippen molar-refractivity contribution in [3.8, 4) is 0 Å². The van der Waals surface area contributed by atoms with Crippen LogP contribution in [0.5, 0.6) is 0 Å². The highest BCUT2D eigenvalue weighted by Gasteiger charge is 2.39. The van der Waals surface area contributed by atoms with Gasteiger partial charge in [0.1, 0.15) is 5.82 Å². The third-order valence-corrected chi connectivity index (χ3v) is 7.74. The minimum atomic E-state index is -2.59. The lowest BCUT2D eigenvalue weighted by Gasteiger charge is -2.38. The summed E-state index contributed by atoms with van der Waals surface area (Å²) < 4.78 is 31.0. The number of aromatic nitrogens is 2. The zero-order chi connectivity index (χ0) is 23.3. The Hall–Kier alpha value is -2.28. The number of nitrogens with zero attached hydrogens (tertiary/aromatic N) is 3. The Morgan fingerprint density at radius 1 is 1.03 bits per heavy atom. The van der Waals surface area contributed by atoms with E-state index in [2.05, 4.69) is 40.4 Å². The highest BCUT2D eigenvalue weighted by atomic mass is 79.9. The van der Waals surface area contributed by atoms with E-state index in [1.54, 1.807) is 0 Å². The van der Waals surface area contributed by atoms with Crippen LogP contribution in [-0.2, 0) is 4.79 Å². The van der Waals surface area contributed by atoms with Crippen LogP contribution in [0.1, 0.15) is 74.0 Å². The van der Waals surface area contributed by atoms with Gasteiger partial charge in [0, 0.05) is 35.5 Å². The van der Waals surface area contributed by atoms with Crippen LogP contribution in [0.15, 0.2) is 40.9 Å². The van der Waals surface area contributed by atoms with E-state index in [1.165, 1.54) is 5.56 Å². The highest BCUT2D eigenvalue weighted by Crippen LogP contribution is 2.44. The molecule has 2 aromatic carbocycles. The number of carbonyl (C=O) groups excluding carboxylic acids is 1. The molecule has 1 amide bonds. The maximum Gasteiger partial charge on any atom is 0.248 e. The number of anilines is 1. The van der Waals surface area contributed by atoms with E-state index in [4.69, 9.17) is 4.98 Å². The summed E-state index contributed by atoms with van der Waals surface area (Å²) in [5.74, 6) is -1.70. The Kier molecular flexibility index (Phi) is 5.79. The molecule has 1 aliphatic carbocycles. The molecule has 174 valence electrons. The van der Waals surface area contributed by atoms with Crippen molar-refractivity contribution in [3.05, 3.63) is 57.8 Å². The molecule has 0 bridgehead atoms. The quantitative estimate of drug-likeness (QED) is 0.363. The monoisotopic (exact) mass is 515 g/mol. The van der Waals surface area contributed by atoms with Crippen molar-refractivity contribution in [2.45, 2.75) is 76.8 Å². The Labute approximate surface area is 201 Å². The number of aryl methyl sites for hydroxylation is 2. The summed E-state index contributed by atoms with van der Waals surface area (Å²) in [7, 11) is 0. The Morgan fingerprint density at radius 3 is 2.52 bits per heavy atom. The Bertz CT molecular complexity index is 1210. The normalized spacial score (nSPS) is 21.7. The molecule has 4 nitrogen and oxygen atoms in total. The van der Waals surface area contributed by atoms with Gasteiger partial charge in [-0.25, -0.2) is 13.8 Å². The first-order valence-corrected chi connectivity index (χ1v) is 12.5. The minimum Gasteiger partial charge on any atom is -0.323 e. The first-order chi connectivity index (χ1) is 15.7. The first kappa shape index (κ1) is 22.5. The molecule has 1 atom stereocenters. The molecular weight excluding hydrogens is 488 g/mol. The Morgan fingerprint density at radius 2 is 1.79 bits per heavy atom. The molecule has 2 fully saturated rings. The summed E-state index contributed by atoms with van der Waals surface area (Å²) in [5, 5.41) is 0. The van der Waals surface area contributed by atoms with Gasteiger partial charge in [-0.3, -0.25) is 4.79 Å². The van der Waals surface area contributed by atoms with Gasteiger partial charge in [0.25, 0.3) is 0 Å². The molecule has 33 heavy (non-hydrogen) atoms. The lowest BCUT2D eigenvalue weighted by molar-refractivity contribution is -0.120. The molecule has 1 saturated carbocycles. The molecule has 0 N–H and O–H groups in total. The lowest BCUT2D eigenvalue weighted by Crippen LogP contribution is -2.40. The smallest absolute Gasteiger partial charge is 0.248 e. The van der Waals surface area contributed by atoms with Crippen LogP contribution in [0.4, 0.5) is 14.5 Å². The van der Waals surface area contributed by atoms with Crippen molar-refractivity contribution < 1.29 is 13.6 Å². The molecule has 2 heterocycles. The van der Waals surface area contributed by atoms with Gasteiger partial charge in [0.2, 0.25) is 11.8 Å². The molecule has 0 spiro atoms. The van der Waals surface area contributed by atoms with Crippen molar-refractivity contribution in [2.24, 2.45) is 0 Å². The number of imidazole rings is 1. The summed E-state index contributed by atoms with van der Waals surface area (Å²) in [5.41, 5.74) is 4.97. The van der Waals surface area contributed by atoms with Crippen molar-refractivity contribution >= 4 is 38.6 Å². The molecule has 0 radical (unpaired) electrons. The second kappa shape index (κ2) is 8.49. The van der Waals surface area contributed by atoms with E-state index in [0.717, 1.165) is 45.4 Å². The van der Waals surface area contributed by atoms with E-state index in [9.17, 15) is 13.6 Å². The minimum absolute atomic E-state index is 0.0515. The number of hydrogen-bond acceptors (Lipinski definition) is 2. The third kappa shape index (κ3) is 4.20. The average Bonchev–Trinajstić information content (AvgIpc) is 3.14. The number of piperidine rings is 1. The number of alkyl halides is 2. The van der Waals surface area contributed by atoms with Crippen LogP contribution in [0.2, 0.25) is 0 Å². The third-order valence-electron chi connectivity index (χ3n) is 7.25. The van der Waals surface area contributed by atoms with Gasteiger partial charge in [-0.1, -0.05) is 22.0 Å². The number of benzene rings is 2. The maximum absolute atomic E-state index is 14.0. The molecule has 1 unspecified atom stereocenters. The predicted molar refractivity (Wildman–Crippen MR) is 130 cm³/mol. The second-order valence-corrected chi connectivity index (χ2v) is 10.4. The van der Waals surface area contributed by atoms with E-state index >= 15 is 0 Å². The SMILES string of the molecule is Cc1ccc(N2C(=O)CCCC2c2nc3cc(Br)ccc3n2C2CCC(F)(F)CC2)cc1C. The molecule has 1 saturated heterocycles. The van der Waals surface area contributed by atoms with Crippen LogP contribution in [0.3, 0.4) is 0 Å². The Balaban J connectivity index is 1.64. The molecule has 2 aliphatic rings. The highest BCUT2D eigenvalue weighted by molar-refractivity contribution is 9.10. The van der Waals surface area contributed by atoms with Crippen molar-refractivity contribution in [3.63, 3.8) is 0 Å². The summed E-state index contributed by atoms with van der Waals surface area (Å²) in [6.07, 6.45) is 2.69. The predicted octanol–water partition coefficient (Wildman–Crippen LogP) is 7.42. The topological polar surface area (TPSA) is 38.1 Å². The van der Waals surface area contributed by atoms with Crippen LogP contribution >= 0.6 is 15.9 Å². The molecule has 3 aromatic rings. The van der Waals surface area contributed by atoms with Gasteiger partial charge in [-0.05, 0) is 81.0 Å². The molecule has 1 aromatic heterocycles. The van der Waals surface area contributed by atoms with Crippen LogP contribution < -0.4 is 4.90 Å². The summed E-state index contributed by atoms with van der Waals surface area (Å²) in [6, 6.07) is 11.8. The zero-order valence-corrected chi connectivity index (χ0v) is 20.5. The van der Waals surface area contributed by atoms with Crippen molar-refractivity contribution in [1.29, 1.82) is 0 Å². The van der Waals surface area contributed by atoms with Gasteiger partial charge >= 0.3 is 0 Å². The van der Waals surface area contributed by atoms with Crippen molar-refractivity contribution in [1.82, 2.24) is 9.55 Å². The van der Waals surface area contributed by atoms with Gasteiger partial charge in [0.15, 0.2) is 0 Å². The van der Waals surface area contributed by atoms with Gasteiger partial charge in [0.05, 0.1) is 17.1 Å².